The first-order valence-electron chi connectivity index (χ1n) is 8.41. The highest BCUT2D eigenvalue weighted by Crippen LogP contribution is 2.37. The first-order valence-corrected chi connectivity index (χ1v) is 8.41. The van der Waals surface area contributed by atoms with Crippen LogP contribution in [0.3, 0.4) is 0 Å². The summed E-state index contributed by atoms with van der Waals surface area (Å²) in [5.41, 5.74) is 5.99. The Labute approximate surface area is 127 Å². The van der Waals surface area contributed by atoms with Crippen LogP contribution in [0.15, 0.2) is 4.52 Å². The fraction of sp³-hybridized carbons (Fsp3) is 0.875. The third-order valence-electron chi connectivity index (χ3n) is 4.45. The molecule has 2 N–H and O–H groups in total. The second-order valence-corrected chi connectivity index (χ2v) is 6.12. The number of aromatic nitrogens is 2. The van der Waals surface area contributed by atoms with Gasteiger partial charge in [0.15, 0.2) is 5.82 Å². The Morgan fingerprint density at radius 1 is 1.29 bits per heavy atom. The third kappa shape index (κ3) is 4.78. The normalized spacial score (nSPS) is 24.1. The van der Waals surface area contributed by atoms with E-state index in [-0.39, 0.29) is 6.04 Å². The van der Waals surface area contributed by atoms with Crippen LogP contribution >= 0.6 is 0 Å². The largest absolute Gasteiger partial charge is 0.380 e. The molecule has 0 amide bonds. The molecule has 0 radical (unpaired) electrons. The van der Waals surface area contributed by atoms with Gasteiger partial charge in [-0.3, -0.25) is 0 Å². The van der Waals surface area contributed by atoms with E-state index in [0.717, 1.165) is 24.7 Å². The minimum atomic E-state index is -0.289. The number of hydrogen-bond donors (Lipinski definition) is 1. The Hall–Kier alpha value is -0.940. The smallest absolute Gasteiger partial charge is 0.229 e. The van der Waals surface area contributed by atoms with Crippen LogP contribution in [0.4, 0.5) is 0 Å². The first kappa shape index (κ1) is 16.4. The Balaban J connectivity index is 1.82. The fourth-order valence-corrected chi connectivity index (χ4v) is 3.07. The lowest BCUT2D eigenvalue weighted by molar-refractivity contribution is 0.130. The van der Waals surface area contributed by atoms with Gasteiger partial charge < -0.3 is 15.0 Å². The zero-order valence-corrected chi connectivity index (χ0v) is 13.4. The van der Waals surface area contributed by atoms with Crippen molar-refractivity contribution in [3.63, 3.8) is 0 Å². The minimum Gasteiger partial charge on any atom is -0.380 e. The van der Waals surface area contributed by atoms with Crippen LogP contribution in [0.5, 0.6) is 0 Å². The molecule has 1 unspecified atom stereocenters. The summed E-state index contributed by atoms with van der Waals surface area (Å²) >= 11 is 0. The Morgan fingerprint density at radius 2 is 2.05 bits per heavy atom. The van der Waals surface area contributed by atoms with Gasteiger partial charge in [0.2, 0.25) is 5.89 Å². The van der Waals surface area contributed by atoms with Crippen molar-refractivity contribution < 1.29 is 9.26 Å². The zero-order valence-electron chi connectivity index (χ0n) is 13.4. The van der Waals surface area contributed by atoms with E-state index < -0.39 is 0 Å². The summed E-state index contributed by atoms with van der Waals surface area (Å²) in [6.07, 6.45) is 8.92. The molecule has 1 fully saturated rings. The molecule has 1 aliphatic rings. The van der Waals surface area contributed by atoms with E-state index in [1.807, 2.05) is 6.92 Å². The lowest BCUT2D eigenvalue weighted by Crippen LogP contribution is -2.19. The number of ether oxygens (including phenoxy) is 1. The summed E-state index contributed by atoms with van der Waals surface area (Å²) < 4.78 is 10.7. The lowest BCUT2D eigenvalue weighted by atomic mass is 9.80. The van der Waals surface area contributed by atoms with Gasteiger partial charge in [0.05, 0.1) is 12.6 Å². The maximum absolute atomic E-state index is 5.99. The van der Waals surface area contributed by atoms with Crippen molar-refractivity contribution in [1.82, 2.24) is 10.1 Å². The van der Waals surface area contributed by atoms with Gasteiger partial charge in [0.1, 0.15) is 0 Å². The van der Waals surface area contributed by atoms with Crippen molar-refractivity contribution in [1.29, 1.82) is 0 Å². The SMILES string of the molecule is CCCCC1CCC(c2nc(C(N)COCC)no2)CC1. The van der Waals surface area contributed by atoms with E-state index in [0.29, 0.717) is 25.0 Å². The van der Waals surface area contributed by atoms with Crippen LogP contribution in [0.25, 0.3) is 0 Å². The number of nitrogens with two attached hydrogens (primary N) is 1. The third-order valence-corrected chi connectivity index (χ3v) is 4.45. The molecule has 0 spiro atoms. The lowest BCUT2D eigenvalue weighted by Gasteiger charge is -2.26. The van der Waals surface area contributed by atoms with E-state index in [1.54, 1.807) is 0 Å². The van der Waals surface area contributed by atoms with E-state index in [9.17, 15) is 0 Å². The summed E-state index contributed by atoms with van der Waals surface area (Å²) in [5, 5.41) is 4.02. The Morgan fingerprint density at radius 3 is 2.71 bits per heavy atom. The topological polar surface area (TPSA) is 74.2 Å². The molecule has 0 saturated heterocycles. The maximum atomic E-state index is 5.99. The molecule has 2 rings (SSSR count). The van der Waals surface area contributed by atoms with Crippen LogP contribution in [0.2, 0.25) is 0 Å². The first-order chi connectivity index (χ1) is 10.2. The average molecular weight is 295 g/mol. The maximum Gasteiger partial charge on any atom is 0.229 e. The molecule has 1 aromatic heterocycles. The zero-order chi connectivity index (χ0) is 15.1. The predicted molar refractivity (Wildman–Crippen MR) is 81.9 cm³/mol. The van der Waals surface area contributed by atoms with Gasteiger partial charge in [-0.2, -0.15) is 4.98 Å². The van der Waals surface area contributed by atoms with Crippen LogP contribution in [-0.4, -0.2) is 23.4 Å². The van der Waals surface area contributed by atoms with E-state index in [1.165, 1.54) is 32.1 Å². The summed E-state index contributed by atoms with van der Waals surface area (Å²) in [5.74, 6) is 2.66. The quantitative estimate of drug-likeness (QED) is 0.793. The molecule has 0 aromatic carbocycles. The number of rotatable bonds is 8. The van der Waals surface area contributed by atoms with E-state index >= 15 is 0 Å². The van der Waals surface area contributed by atoms with Crippen LogP contribution in [0.1, 0.15) is 82.5 Å². The molecule has 0 bridgehead atoms. The summed E-state index contributed by atoms with van der Waals surface area (Å²) in [6, 6.07) is -0.289. The molecule has 1 saturated carbocycles. The van der Waals surface area contributed by atoms with Crippen molar-refractivity contribution in [2.24, 2.45) is 11.7 Å². The second-order valence-electron chi connectivity index (χ2n) is 6.12. The fourth-order valence-electron chi connectivity index (χ4n) is 3.07. The van der Waals surface area contributed by atoms with Crippen LogP contribution in [0, 0.1) is 5.92 Å². The van der Waals surface area contributed by atoms with E-state index in [4.69, 9.17) is 15.0 Å². The van der Waals surface area contributed by atoms with Crippen molar-refractivity contribution in [3.05, 3.63) is 11.7 Å². The number of hydrogen-bond acceptors (Lipinski definition) is 5. The van der Waals surface area contributed by atoms with Gasteiger partial charge in [-0.1, -0.05) is 31.3 Å². The summed E-state index contributed by atoms with van der Waals surface area (Å²) in [7, 11) is 0. The second kappa shape index (κ2) is 8.49. The standard InChI is InChI=1S/C16H29N3O2/c1-3-5-6-12-7-9-13(10-8-12)16-18-15(19-21-16)14(17)11-20-4-2/h12-14H,3-11,17H2,1-2H3. The molecule has 1 heterocycles. The van der Waals surface area contributed by atoms with Gasteiger partial charge in [-0.25, -0.2) is 0 Å². The Bertz CT molecular complexity index is 400. The van der Waals surface area contributed by atoms with Gasteiger partial charge in [-0.05, 0) is 38.5 Å². The molecule has 1 aliphatic carbocycles. The highest BCUT2D eigenvalue weighted by Gasteiger charge is 2.27. The predicted octanol–water partition coefficient (Wildman–Crippen LogP) is 3.57. The van der Waals surface area contributed by atoms with Crippen molar-refractivity contribution >= 4 is 0 Å². The Kier molecular flexibility index (Phi) is 6.64. The monoisotopic (exact) mass is 295 g/mol. The van der Waals surface area contributed by atoms with Gasteiger partial charge in [0, 0.05) is 12.5 Å². The van der Waals surface area contributed by atoms with Crippen molar-refractivity contribution in [3.8, 4) is 0 Å². The molecule has 1 atom stereocenters. The van der Waals surface area contributed by atoms with Gasteiger partial charge in [-0.15, -0.1) is 0 Å². The summed E-state index contributed by atoms with van der Waals surface area (Å²) in [4.78, 5) is 4.49. The summed E-state index contributed by atoms with van der Waals surface area (Å²) in [6.45, 7) is 5.31. The molecule has 1 aromatic rings. The van der Waals surface area contributed by atoms with Crippen molar-refractivity contribution in [2.75, 3.05) is 13.2 Å². The van der Waals surface area contributed by atoms with Crippen LogP contribution in [-0.2, 0) is 4.74 Å². The van der Waals surface area contributed by atoms with Crippen molar-refractivity contribution in [2.45, 2.75) is 70.8 Å². The highest BCUT2D eigenvalue weighted by molar-refractivity contribution is 4.99. The molecule has 0 aliphatic heterocycles. The molecule has 21 heavy (non-hydrogen) atoms. The van der Waals surface area contributed by atoms with E-state index in [2.05, 4.69) is 17.1 Å². The molecule has 5 nitrogen and oxygen atoms in total. The van der Waals surface area contributed by atoms with Gasteiger partial charge in [0.25, 0.3) is 0 Å². The average Bonchev–Trinajstić information content (AvgIpc) is 3.01. The highest BCUT2D eigenvalue weighted by atomic mass is 16.5. The molecular formula is C16H29N3O2. The molecule has 120 valence electrons. The number of nitrogens with zero attached hydrogens (tertiary/aromatic N) is 2. The number of unbranched alkanes of at least 4 members (excludes halogenated alkanes) is 1. The molecular weight excluding hydrogens is 266 g/mol. The van der Waals surface area contributed by atoms with Gasteiger partial charge >= 0.3 is 0 Å². The molecule has 5 heteroatoms. The minimum absolute atomic E-state index is 0.289. The van der Waals surface area contributed by atoms with Crippen LogP contribution < -0.4 is 5.73 Å².